The largest absolute Gasteiger partial charge is 0.451 e. The van der Waals surface area contributed by atoms with Crippen molar-refractivity contribution in [2.45, 2.75) is 25.5 Å². The molecule has 3 aromatic rings. The number of ether oxygens (including phenoxy) is 1. The number of furan rings is 1. The summed E-state index contributed by atoms with van der Waals surface area (Å²) in [6.07, 6.45) is 1.87. The van der Waals surface area contributed by atoms with E-state index in [1.165, 1.54) is 12.1 Å². The van der Waals surface area contributed by atoms with Crippen LogP contribution >= 0.6 is 11.6 Å². The van der Waals surface area contributed by atoms with Gasteiger partial charge in [-0.25, -0.2) is 4.39 Å². The van der Waals surface area contributed by atoms with Gasteiger partial charge in [-0.1, -0.05) is 23.7 Å². The SMILES string of the molecule is O=C(c1cc2cc(Cl)ccc2o1)N(Cc1cccc(F)c1)CC1CCCO1. The summed E-state index contributed by atoms with van der Waals surface area (Å²) in [6, 6.07) is 13.2. The third-order valence-corrected chi connectivity index (χ3v) is 4.92. The predicted molar refractivity (Wildman–Crippen MR) is 101 cm³/mol. The zero-order chi connectivity index (χ0) is 18.8. The van der Waals surface area contributed by atoms with Crippen molar-refractivity contribution in [3.05, 3.63) is 70.7 Å². The fourth-order valence-corrected chi connectivity index (χ4v) is 3.57. The summed E-state index contributed by atoms with van der Waals surface area (Å²) >= 11 is 6.02. The van der Waals surface area contributed by atoms with E-state index in [2.05, 4.69) is 0 Å². The van der Waals surface area contributed by atoms with Crippen LogP contribution in [0.15, 0.2) is 52.9 Å². The molecule has 6 heteroatoms. The van der Waals surface area contributed by atoms with Crippen LogP contribution in [0.5, 0.6) is 0 Å². The monoisotopic (exact) mass is 387 g/mol. The van der Waals surface area contributed by atoms with E-state index in [0.717, 1.165) is 23.8 Å². The molecule has 0 aliphatic carbocycles. The first-order chi connectivity index (χ1) is 13.1. The molecule has 0 radical (unpaired) electrons. The predicted octanol–water partition coefficient (Wildman–Crippen LogP) is 5.05. The third kappa shape index (κ3) is 4.15. The number of halogens is 2. The molecule has 4 nitrogen and oxygen atoms in total. The van der Waals surface area contributed by atoms with E-state index in [4.69, 9.17) is 20.8 Å². The summed E-state index contributed by atoms with van der Waals surface area (Å²) in [5.41, 5.74) is 1.33. The molecule has 0 bridgehead atoms. The maximum atomic E-state index is 13.6. The molecule has 4 rings (SSSR count). The van der Waals surface area contributed by atoms with Crippen molar-refractivity contribution in [3.63, 3.8) is 0 Å². The number of carbonyl (C=O) groups excluding carboxylic acids is 1. The Hall–Kier alpha value is -2.37. The van der Waals surface area contributed by atoms with Crippen LogP contribution in [0.2, 0.25) is 5.02 Å². The van der Waals surface area contributed by atoms with E-state index in [9.17, 15) is 9.18 Å². The number of hydrogen-bond acceptors (Lipinski definition) is 3. The average Bonchev–Trinajstić information content (AvgIpc) is 3.29. The van der Waals surface area contributed by atoms with Crippen LogP contribution < -0.4 is 0 Å². The lowest BCUT2D eigenvalue weighted by atomic mass is 10.1. The van der Waals surface area contributed by atoms with Gasteiger partial charge >= 0.3 is 0 Å². The van der Waals surface area contributed by atoms with Gasteiger partial charge in [0.25, 0.3) is 5.91 Å². The van der Waals surface area contributed by atoms with E-state index in [1.54, 1.807) is 41.3 Å². The van der Waals surface area contributed by atoms with E-state index in [0.29, 0.717) is 23.8 Å². The van der Waals surface area contributed by atoms with E-state index >= 15 is 0 Å². The lowest BCUT2D eigenvalue weighted by molar-refractivity contribution is 0.0485. The number of fused-ring (bicyclic) bond motifs is 1. The lowest BCUT2D eigenvalue weighted by Gasteiger charge is -2.24. The van der Waals surface area contributed by atoms with Crippen LogP contribution in [0.3, 0.4) is 0 Å². The Kier molecular flexibility index (Phi) is 5.14. The number of amides is 1. The number of hydrogen-bond donors (Lipinski definition) is 0. The van der Waals surface area contributed by atoms with Gasteiger partial charge in [0.05, 0.1) is 6.10 Å². The first-order valence-electron chi connectivity index (χ1n) is 8.93. The number of nitrogens with zero attached hydrogens (tertiary/aromatic N) is 1. The fourth-order valence-electron chi connectivity index (χ4n) is 3.38. The van der Waals surface area contributed by atoms with Gasteiger partial charge in [0.15, 0.2) is 5.76 Å². The van der Waals surface area contributed by atoms with Gasteiger partial charge in [0.2, 0.25) is 0 Å². The second-order valence-electron chi connectivity index (χ2n) is 6.74. The first-order valence-corrected chi connectivity index (χ1v) is 9.31. The van der Waals surface area contributed by atoms with Crippen molar-refractivity contribution in [1.82, 2.24) is 4.90 Å². The third-order valence-electron chi connectivity index (χ3n) is 4.69. The van der Waals surface area contributed by atoms with Crippen molar-refractivity contribution in [2.24, 2.45) is 0 Å². The molecule has 1 aliphatic rings. The molecule has 1 atom stereocenters. The van der Waals surface area contributed by atoms with E-state index < -0.39 is 0 Å². The summed E-state index contributed by atoms with van der Waals surface area (Å²) in [6.45, 7) is 1.43. The Morgan fingerprint density at radius 2 is 2.11 bits per heavy atom. The molecule has 27 heavy (non-hydrogen) atoms. The van der Waals surface area contributed by atoms with Gasteiger partial charge in [-0.05, 0) is 54.8 Å². The van der Waals surface area contributed by atoms with Gasteiger partial charge < -0.3 is 14.1 Å². The highest BCUT2D eigenvalue weighted by atomic mass is 35.5. The Morgan fingerprint density at radius 1 is 1.22 bits per heavy atom. The normalized spacial score (nSPS) is 16.7. The molecule has 1 unspecified atom stereocenters. The fraction of sp³-hybridized carbons (Fsp3) is 0.286. The highest BCUT2D eigenvalue weighted by Crippen LogP contribution is 2.25. The highest BCUT2D eigenvalue weighted by molar-refractivity contribution is 6.31. The smallest absolute Gasteiger partial charge is 0.289 e. The van der Waals surface area contributed by atoms with Gasteiger partial charge in [0, 0.05) is 30.1 Å². The second kappa shape index (κ2) is 7.71. The molecule has 1 aliphatic heterocycles. The molecule has 140 valence electrons. The quantitative estimate of drug-likeness (QED) is 0.615. The summed E-state index contributed by atoms with van der Waals surface area (Å²) in [5, 5.41) is 1.35. The molecule has 0 N–H and O–H groups in total. The summed E-state index contributed by atoms with van der Waals surface area (Å²) in [5.74, 6) is -0.334. The minimum Gasteiger partial charge on any atom is -0.451 e. The standard InChI is InChI=1S/C21H19ClFNO3/c22-16-6-7-19-15(10-16)11-20(27-19)21(25)24(13-18-5-2-8-26-18)12-14-3-1-4-17(23)9-14/h1,3-4,6-7,9-11,18H,2,5,8,12-13H2. The molecule has 0 spiro atoms. The van der Waals surface area contributed by atoms with Gasteiger partial charge in [-0.3, -0.25) is 4.79 Å². The molecule has 1 fully saturated rings. The molecule has 1 amide bonds. The summed E-state index contributed by atoms with van der Waals surface area (Å²) in [4.78, 5) is 14.8. The Balaban J connectivity index is 1.61. The zero-order valence-electron chi connectivity index (χ0n) is 14.7. The topological polar surface area (TPSA) is 42.7 Å². The number of benzene rings is 2. The lowest BCUT2D eigenvalue weighted by Crippen LogP contribution is -2.36. The van der Waals surface area contributed by atoms with Crippen molar-refractivity contribution in [2.75, 3.05) is 13.2 Å². The highest BCUT2D eigenvalue weighted by Gasteiger charge is 2.26. The zero-order valence-corrected chi connectivity index (χ0v) is 15.4. The van der Waals surface area contributed by atoms with E-state index in [-0.39, 0.29) is 30.1 Å². The van der Waals surface area contributed by atoms with Crippen LogP contribution in [0, 0.1) is 5.82 Å². The van der Waals surface area contributed by atoms with Crippen molar-refractivity contribution >= 4 is 28.5 Å². The Labute approximate surface area is 161 Å². The van der Waals surface area contributed by atoms with Crippen molar-refractivity contribution in [3.8, 4) is 0 Å². The van der Waals surface area contributed by atoms with Gasteiger partial charge in [-0.2, -0.15) is 0 Å². The summed E-state index contributed by atoms with van der Waals surface area (Å²) < 4.78 is 25.0. The Morgan fingerprint density at radius 3 is 2.89 bits per heavy atom. The molecule has 2 heterocycles. The first kappa shape index (κ1) is 18.0. The van der Waals surface area contributed by atoms with Crippen molar-refractivity contribution < 1.29 is 18.3 Å². The van der Waals surface area contributed by atoms with Crippen LogP contribution in [0.4, 0.5) is 4.39 Å². The maximum absolute atomic E-state index is 13.6. The second-order valence-corrected chi connectivity index (χ2v) is 7.18. The van der Waals surface area contributed by atoms with Crippen LogP contribution in [0.25, 0.3) is 11.0 Å². The van der Waals surface area contributed by atoms with Crippen LogP contribution in [-0.4, -0.2) is 30.1 Å². The molecular formula is C21H19ClFNO3. The molecule has 1 aromatic heterocycles. The van der Waals surface area contributed by atoms with Crippen LogP contribution in [-0.2, 0) is 11.3 Å². The molecule has 1 saturated heterocycles. The van der Waals surface area contributed by atoms with Crippen molar-refractivity contribution in [1.29, 1.82) is 0 Å². The molecule has 2 aromatic carbocycles. The minimum absolute atomic E-state index is 0.0127. The summed E-state index contributed by atoms with van der Waals surface area (Å²) in [7, 11) is 0. The van der Waals surface area contributed by atoms with E-state index in [1.807, 2.05) is 0 Å². The number of carbonyl (C=O) groups is 1. The molecule has 0 saturated carbocycles. The van der Waals surface area contributed by atoms with Gasteiger partial charge in [0.1, 0.15) is 11.4 Å². The average molecular weight is 388 g/mol. The Bertz CT molecular complexity index is 965. The minimum atomic E-state index is -0.324. The maximum Gasteiger partial charge on any atom is 0.289 e. The van der Waals surface area contributed by atoms with Gasteiger partial charge in [-0.15, -0.1) is 0 Å². The van der Waals surface area contributed by atoms with Crippen LogP contribution in [0.1, 0.15) is 29.0 Å². The number of rotatable bonds is 5. The molecular weight excluding hydrogens is 369 g/mol.